The smallest absolute Gasteiger partial charge is 0.129 e. The molecule has 1 atom stereocenters. The van der Waals surface area contributed by atoms with Gasteiger partial charge in [-0.25, -0.2) is 4.39 Å². The van der Waals surface area contributed by atoms with Gasteiger partial charge >= 0.3 is 0 Å². The molecule has 0 amide bonds. The number of hydrogen-bond acceptors (Lipinski definition) is 3. The SMILES string of the molecule is N#CC(NCCCN=[N+]=[N-])c1cc(Cl)ccc1F. The van der Waals surface area contributed by atoms with Crippen molar-refractivity contribution in [2.45, 2.75) is 12.5 Å². The standard InChI is InChI=1S/C11H11ClFN5/c12-8-2-3-10(13)9(6-8)11(7-14)16-4-1-5-17-18-15/h2-3,6,11,16H,1,4-5H2. The molecule has 1 unspecified atom stereocenters. The third-order valence-corrected chi connectivity index (χ3v) is 2.48. The molecule has 1 aromatic rings. The molecule has 18 heavy (non-hydrogen) atoms. The van der Waals surface area contributed by atoms with Gasteiger partial charge in [-0.3, -0.25) is 5.32 Å². The Labute approximate surface area is 109 Å². The van der Waals surface area contributed by atoms with Crippen LogP contribution in [-0.2, 0) is 0 Å². The van der Waals surface area contributed by atoms with E-state index in [0.717, 1.165) is 0 Å². The molecule has 94 valence electrons. The first-order valence-electron chi connectivity index (χ1n) is 5.28. The second kappa shape index (κ2) is 7.51. The number of hydrogen-bond donors (Lipinski definition) is 1. The van der Waals surface area contributed by atoms with Crippen LogP contribution in [-0.4, -0.2) is 13.1 Å². The molecule has 0 bridgehead atoms. The zero-order chi connectivity index (χ0) is 13.4. The number of halogens is 2. The van der Waals surface area contributed by atoms with Gasteiger partial charge in [0.25, 0.3) is 0 Å². The molecule has 0 fully saturated rings. The van der Waals surface area contributed by atoms with E-state index in [1.807, 2.05) is 6.07 Å². The Morgan fingerprint density at radius 1 is 1.61 bits per heavy atom. The summed E-state index contributed by atoms with van der Waals surface area (Å²) in [4.78, 5) is 2.61. The van der Waals surface area contributed by atoms with E-state index in [4.69, 9.17) is 22.4 Å². The van der Waals surface area contributed by atoms with Gasteiger partial charge in [-0.1, -0.05) is 16.7 Å². The molecule has 0 spiro atoms. The van der Waals surface area contributed by atoms with Gasteiger partial charge in [0, 0.05) is 22.0 Å². The van der Waals surface area contributed by atoms with Crippen molar-refractivity contribution in [3.05, 3.63) is 45.0 Å². The Morgan fingerprint density at radius 3 is 3.06 bits per heavy atom. The lowest BCUT2D eigenvalue weighted by molar-refractivity contribution is 0.556. The third-order valence-electron chi connectivity index (χ3n) is 2.24. The fourth-order valence-electron chi connectivity index (χ4n) is 1.40. The Hall–Kier alpha value is -1.80. The monoisotopic (exact) mass is 267 g/mol. The van der Waals surface area contributed by atoms with Crippen molar-refractivity contribution >= 4 is 11.6 Å². The highest BCUT2D eigenvalue weighted by Crippen LogP contribution is 2.21. The topological polar surface area (TPSA) is 84.6 Å². The molecule has 0 aliphatic rings. The first-order valence-corrected chi connectivity index (χ1v) is 5.65. The minimum atomic E-state index is -0.769. The molecule has 0 aliphatic heterocycles. The molecule has 0 aliphatic carbocycles. The minimum absolute atomic E-state index is 0.216. The van der Waals surface area contributed by atoms with Crippen LogP contribution in [0.3, 0.4) is 0 Å². The molecule has 1 aromatic carbocycles. The third kappa shape index (κ3) is 4.22. The van der Waals surface area contributed by atoms with Gasteiger partial charge in [-0.15, -0.1) is 0 Å². The fourth-order valence-corrected chi connectivity index (χ4v) is 1.58. The average molecular weight is 268 g/mol. The molecule has 0 radical (unpaired) electrons. The molecular weight excluding hydrogens is 257 g/mol. The van der Waals surface area contributed by atoms with Crippen molar-refractivity contribution in [3.63, 3.8) is 0 Å². The molecule has 1 N–H and O–H groups in total. The summed E-state index contributed by atoms with van der Waals surface area (Å²) in [5.74, 6) is -0.478. The Morgan fingerprint density at radius 2 is 2.39 bits per heavy atom. The second-order valence-corrected chi connectivity index (χ2v) is 3.93. The summed E-state index contributed by atoms with van der Waals surface area (Å²) in [6.07, 6.45) is 0.574. The fraction of sp³-hybridized carbons (Fsp3) is 0.364. The van der Waals surface area contributed by atoms with Crippen LogP contribution < -0.4 is 5.32 Å². The zero-order valence-electron chi connectivity index (χ0n) is 9.48. The molecule has 0 heterocycles. The van der Waals surface area contributed by atoms with E-state index in [-0.39, 0.29) is 5.56 Å². The largest absolute Gasteiger partial charge is 0.298 e. The summed E-state index contributed by atoms with van der Waals surface area (Å²) in [5, 5.41) is 15.6. The quantitative estimate of drug-likeness (QED) is 0.371. The van der Waals surface area contributed by atoms with E-state index in [2.05, 4.69) is 15.3 Å². The van der Waals surface area contributed by atoms with Crippen molar-refractivity contribution in [1.29, 1.82) is 5.26 Å². The van der Waals surface area contributed by atoms with Crippen molar-refractivity contribution in [3.8, 4) is 6.07 Å². The number of nitriles is 1. The number of rotatable bonds is 6. The summed E-state index contributed by atoms with van der Waals surface area (Å²) in [5.41, 5.74) is 8.30. The van der Waals surface area contributed by atoms with Crippen LogP contribution in [0.25, 0.3) is 10.4 Å². The van der Waals surface area contributed by atoms with Gasteiger partial charge in [-0.05, 0) is 36.7 Å². The van der Waals surface area contributed by atoms with Crippen molar-refractivity contribution in [2.75, 3.05) is 13.1 Å². The summed E-state index contributed by atoms with van der Waals surface area (Å²) < 4.78 is 13.5. The Bertz CT molecular complexity index is 493. The highest BCUT2D eigenvalue weighted by Gasteiger charge is 2.14. The van der Waals surface area contributed by atoms with Crippen LogP contribution in [0.5, 0.6) is 0 Å². The number of nitrogens with zero attached hydrogens (tertiary/aromatic N) is 4. The van der Waals surface area contributed by atoms with Crippen molar-refractivity contribution in [2.24, 2.45) is 5.11 Å². The molecule has 1 rings (SSSR count). The highest BCUT2D eigenvalue weighted by molar-refractivity contribution is 6.30. The molecule has 5 nitrogen and oxygen atoms in total. The first kappa shape index (κ1) is 14.3. The van der Waals surface area contributed by atoms with E-state index < -0.39 is 11.9 Å². The maximum Gasteiger partial charge on any atom is 0.129 e. The van der Waals surface area contributed by atoms with Gasteiger partial charge in [0.2, 0.25) is 0 Å². The number of azide groups is 1. The lowest BCUT2D eigenvalue weighted by Gasteiger charge is -2.12. The maximum atomic E-state index is 13.5. The molecule has 7 heteroatoms. The van der Waals surface area contributed by atoms with Crippen LogP contribution >= 0.6 is 11.6 Å². The van der Waals surface area contributed by atoms with E-state index in [1.54, 1.807) is 0 Å². The molecule has 0 saturated heterocycles. The molecule has 0 saturated carbocycles. The number of nitrogens with one attached hydrogen (secondary N) is 1. The normalized spacial score (nSPS) is 11.4. The van der Waals surface area contributed by atoms with E-state index in [9.17, 15) is 4.39 Å². The van der Waals surface area contributed by atoms with Crippen LogP contribution in [0.15, 0.2) is 23.3 Å². The summed E-state index contributed by atoms with van der Waals surface area (Å²) >= 11 is 5.76. The Kier molecular flexibility index (Phi) is 5.95. The predicted octanol–water partition coefficient (Wildman–Crippen LogP) is 3.33. The lowest BCUT2D eigenvalue weighted by Crippen LogP contribution is -2.22. The van der Waals surface area contributed by atoms with Crippen LogP contribution in [0.4, 0.5) is 4.39 Å². The van der Waals surface area contributed by atoms with Crippen LogP contribution in [0.2, 0.25) is 5.02 Å². The number of benzene rings is 1. The van der Waals surface area contributed by atoms with Crippen molar-refractivity contribution in [1.82, 2.24) is 5.32 Å². The van der Waals surface area contributed by atoms with Gasteiger partial charge in [0.05, 0.1) is 6.07 Å². The van der Waals surface area contributed by atoms with E-state index >= 15 is 0 Å². The van der Waals surface area contributed by atoms with E-state index in [0.29, 0.717) is 24.5 Å². The van der Waals surface area contributed by atoms with Gasteiger partial charge in [0.1, 0.15) is 11.9 Å². The summed E-state index contributed by atoms with van der Waals surface area (Å²) in [6, 6.07) is 5.27. The van der Waals surface area contributed by atoms with Crippen LogP contribution in [0.1, 0.15) is 18.0 Å². The van der Waals surface area contributed by atoms with E-state index in [1.165, 1.54) is 18.2 Å². The lowest BCUT2D eigenvalue weighted by atomic mass is 10.1. The maximum absolute atomic E-state index is 13.5. The van der Waals surface area contributed by atoms with Crippen LogP contribution in [0, 0.1) is 17.1 Å². The second-order valence-electron chi connectivity index (χ2n) is 3.49. The average Bonchev–Trinajstić information content (AvgIpc) is 2.37. The Balaban J connectivity index is 2.63. The summed E-state index contributed by atoms with van der Waals surface area (Å²) in [7, 11) is 0. The zero-order valence-corrected chi connectivity index (χ0v) is 10.2. The first-order chi connectivity index (χ1) is 8.69. The molecular formula is C11H11ClFN5. The highest BCUT2D eigenvalue weighted by atomic mass is 35.5. The summed E-state index contributed by atoms with van der Waals surface area (Å²) in [6.45, 7) is 0.781. The molecule has 0 aromatic heterocycles. The van der Waals surface area contributed by atoms with Gasteiger partial charge in [-0.2, -0.15) is 5.26 Å². The van der Waals surface area contributed by atoms with Gasteiger partial charge < -0.3 is 0 Å². The van der Waals surface area contributed by atoms with Gasteiger partial charge in [0.15, 0.2) is 0 Å². The minimum Gasteiger partial charge on any atom is -0.298 e. The van der Waals surface area contributed by atoms with Crippen molar-refractivity contribution < 1.29 is 4.39 Å². The predicted molar refractivity (Wildman–Crippen MR) is 66.4 cm³/mol.